The third-order valence-corrected chi connectivity index (χ3v) is 7.53. The number of halogens is 4. The summed E-state index contributed by atoms with van der Waals surface area (Å²) in [6.07, 6.45) is 1.01. The van der Waals surface area contributed by atoms with Gasteiger partial charge < -0.3 is 9.47 Å². The predicted molar refractivity (Wildman–Crippen MR) is 128 cm³/mol. The van der Waals surface area contributed by atoms with Crippen molar-refractivity contribution in [3.63, 3.8) is 0 Å². The van der Waals surface area contributed by atoms with E-state index in [2.05, 4.69) is 9.88 Å². The summed E-state index contributed by atoms with van der Waals surface area (Å²) in [5.74, 6) is -0.190. The first-order valence-corrected chi connectivity index (χ1v) is 12.1. The Bertz CT molecular complexity index is 1350. The van der Waals surface area contributed by atoms with Gasteiger partial charge in [-0.1, -0.05) is 12.1 Å². The maximum Gasteiger partial charge on any atom is 0.416 e. The molecule has 36 heavy (non-hydrogen) atoms. The minimum Gasteiger partial charge on any atom is -0.315 e. The minimum absolute atomic E-state index is 0.0689. The number of aromatic amines is 1. The van der Waals surface area contributed by atoms with Crippen LogP contribution in [-0.4, -0.2) is 34.1 Å². The van der Waals surface area contributed by atoms with Crippen molar-refractivity contribution in [1.29, 1.82) is 0 Å². The van der Waals surface area contributed by atoms with Crippen LogP contribution in [0.15, 0.2) is 64.3 Å². The average molecular weight is 502 g/mol. The average Bonchev–Trinajstić information content (AvgIpc) is 2.82. The molecule has 1 aliphatic carbocycles. The Morgan fingerprint density at radius 2 is 1.67 bits per heavy atom. The largest absolute Gasteiger partial charge is 0.416 e. The lowest BCUT2D eigenvalue weighted by molar-refractivity contribution is -0.137. The summed E-state index contributed by atoms with van der Waals surface area (Å²) >= 11 is 0. The molecule has 0 spiro atoms. The lowest BCUT2D eigenvalue weighted by Crippen LogP contribution is -2.59. The minimum atomic E-state index is -4.33. The Balaban J connectivity index is 1.18. The molecule has 2 bridgehead atoms. The van der Waals surface area contributed by atoms with Crippen LogP contribution in [0.1, 0.15) is 36.8 Å². The highest BCUT2D eigenvalue weighted by molar-refractivity contribution is 5.60. The van der Waals surface area contributed by atoms with E-state index < -0.39 is 23.2 Å². The normalized spacial score (nSPS) is 21.8. The van der Waals surface area contributed by atoms with Crippen LogP contribution in [0, 0.1) is 11.9 Å². The molecule has 4 heterocycles. The molecule has 1 aromatic carbocycles. The number of nitrogens with one attached hydrogen (secondary N) is 1. The third-order valence-electron chi connectivity index (χ3n) is 7.53. The summed E-state index contributed by atoms with van der Waals surface area (Å²) in [6.45, 7) is 3.17. The number of H-pyrrole nitrogens is 1. The number of alkyl halides is 3. The van der Waals surface area contributed by atoms with Gasteiger partial charge in [0, 0.05) is 31.2 Å². The second-order valence-electron chi connectivity index (χ2n) is 10.0. The van der Waals surface area contributed by atoms with Gasteiger partial charge in [0.15, 0.2) is 5.95 Å². The van der Waals surface area contributed by atoms with Gasteiger partial charge in [-0.15, -0.1) is 0 Å². The monoisotopic (exact) mass is 501 g/mol. The van der Waals surface area contributed by atoms with Crippen molar-refractivity contribution in [3.8, 4) is 11.1 Å². The summed E-state index contributed by atoms with van der Waals surface area (Å²) < 4.78 is 53.6. The van der Waals surface area contributed by atoms with E-state index in [1.165, 1.54) is 18.2 Å². The van der Waals surface area contributed by atoms with Crippen LogP contribution in [0.3, 0.4) is 0 Å². The molecule has 1 saturated carbocycles. The van der Waals surface area contributed by atoms with Crippen LogP contribution in [0.5, 0.6) is 0 Å². The van der Waals surface area contributed by atoms with Crippen molar-refractivity contribution in [2.24, 2.45) is 5.92 Å². The lowest BCUT2D eigenvalue weighted by atomic mass is 9.55. The second-order valence-corrected chi connectivity index (χ2v) is 10.0. The number of aromatic nitrogens is 2. The molecule has 9 heteroatoms. The van der Waals surface area contributed by atoms with E-state index >= 15 is 0 Å². The fourth-order valence-electron chi connectivity index (χ4n) is 5.87. The molecule has 3 aliphatic rings. The third kappa shape index (κ3) is 4.76. The molecule has 0 amide bonds. The molecule has 0 unspecified atom stereocenters. The van der Waals surface area contributed by atoms with Gasteiger partial charge in [0.1, 0.15) is 0 Å². The van der Waals surface area contributed by atoms with Crippen LogP contribution in [0.4, 0.5) is 17.6 Å². The summed E-state index contributed by atoms with van der Waals surface area (Å²) in [6, 6.07) is 11.3. The molecule has 1 N–H and O–H groups in total. The van der Waals surface area contributed by atoms with Gasteiger partial charge in [-0.25, -0.2) is 0 Å². The van der Waals surface area contributed by atoms with Crippen molar-refractivity contribution >= 4 is 0 Å². The molecule has 5 nitrogen and oxygen atoms in total. The Morgan fingerprint density at radius 3 is 2.36 bits per heavy atom. The van der Waals surface area contributed by atoms with Crippen LogP contribution in [0.25, 0.3) is 11.1 Å². The van der Waals surface area contributed by atoms with E-state index in [9.17, 15) is 27.2 Å². The number of hydrogen-bond acceptors (Lipinski definition) is 3. The van der Waals surface area contributed by atoms with Crippen molar-refractivity contribution < 1.29 is 17.6 Å². The molecule has 0 atom stereocenters. The Morgan fingerprint density at radius 1 is 0.944 bits per heavy atom. The van der Waals surface area contributed by atoms with Crippen molar-refractivity contribution in [3.05, 3.63) is 92.5 Å². The SMILES string of the molecule is O=c1[nH]c(F)ccc1-c1cccn(CCCCN2CC3CC(c4ccc(C(F)(F)F)cc4)(C3)C2)c1=O. The number of nitrogens with zero attached hydrogens (tertiary/aromatic N) is 2. The fourth-order valence-corrected chi connectivity index (χ4v) is 5.87. The standard InChI is InChI=1S/C27H27F4N3O2/c28-23-10-9-21(24(35)32-23)22-4-3-13-34(25(22)36)12-2-1-11-33-16-18-14-26(15-18,17-33)19-5-7-20(8-6-19)27(29,30)31/h3-10,13,18H,1-2,11-12,14-17H2,(H,32,35). The molecule has 190 valence electrons. The zero-order chi connectivity index (χ0) is 25.5. The first-order chi connectivity index (χ1) is 17.1. The summed E-state index contributed by atoms with van der Waals surface area (Å²) in [5.41, 5.74) is -0.276. The molecule has 6 rings (SSSR count). The van der Waals surface area contributed by atoms with Crippen molar-refractivity contribution in [1.82, 2.24) is 14.5 Å². The molecular weight excluding hydrogens is 474 g/mol. The number of aryl methyl sites for hydroxylation is 1. The molecular formula is C27H27F4N3O2. The van der Waals surface area contributed by atoms with Crippen LogP contribution >= 0.6 is 0 Å². The predicted octanol–water partition coefficient (Wildman–Crippen LogP) is 4.81. The highest BCUT2D eigenvalue weighted by atomic mass is 19.4. The fraction of sp³-hybridized carbons (Fsp3) is 0.407. The van der Waals surface area contributed by atoms with Gasteiger partial charge in [-0.2, -0.15) is 17.6 Å². The molecule has 0 radical (unpaired) electrons. The van der Waals surface area contributed by atoms with Gasteiger partial charge in [-0.3, -0.25) is 14.6 Å². The number of piperidine rings is 2. The van der Waals surface area contributed by atoms with Crippen molar-refractivity contribution in [2.75, 3.05) is 19.6 Å². The van der Waals surface area contributed by atoms with E-state index in [1.54, 1.807) is 35.0 Å². The van der Waals surface area contributed by atoms with Gasteiger partial charge >= 0.3 is 6.18 Å². The van der Waals surface area contributed by atoms with Gasteiger partial charge in [0.05, 0.1) is 16.7 Å². The van der Waals surface area contributed by atoms with Gasteiger partial charge in [-0.05, 0) is 80.1 Å². The van der Waals surface area contributed by atoms with E-state index in [1.807, 2.05) is 0 Å². The molecule has 3 aromatic rings. The van der Waals surface area contributed by atoms with Crippen LogP contribution < -0.4 is 11.1 Å². The number of pyridine rings is 2. The summed E-state index contributed by atoms with van der Waals surface area (Å²) in [4.78, 5) is 29.4. The van der Waals surface area contributed by atoms with E-state index in [0.29, 0.717) is 12.5 Å². The van der Waals surface area contributed by atoms with Gasteiger partial charge in [0.2, 0.25) is 0 Å². The van der Waals surface area contributed by atoms with Crippen LogP contribution in [-0.2, 0) is 18.1 Å². The van der Waals surface area contributed by atoms with E-state index in [0.717, 1.165) is 56.9 Å². The Labute approximate surface area is 205 Å². The summed E-state index contributed by atoms with van der Waals surface area (Å²) in [5, 5.41) is 0. The Kier molecular flexibility index (Phi) is 6.36. The number of benzene rings is 1. The highest BCUT2D eigenvalue weighted by Crippen LogP contribution is 2.52. The zero-order valence-electron chi connectivity index (χ0n) is 19.7. The molecule has 3 fully saturated rings. The number of rotatable bonds is 7. The van der Waals surface area contributed by atoms with Gasteiger partial charge in [0.25, 0.3) is 11.1 Å². The quantitative estimate of drug-likeness (QED) is 0.287. The zero-order valence-corrected chi connectivity index (χ0v) is 19.7. The maximum absolute atomic E-state index is 13.2. The molecule has 2 saturated heterocycles. The second kappa shape index (κ2) is 9.35. The van der Waals surface area contributed by atoms with Crippen LogP contribution in [0.2, 0.25) is 0 Å². The van der Waals surface area contributed by atoms with Crippen molar-refractivity contribution in [2.45, 2.75) is 43.8 Å². The smallest absolute Gasteiger partial charge is 0.315 e. The van der Waals surface area contributed by atoms with E-state index in [4.69, 9.17) is 0 Å². The maximum atomic E-state index is 13.2. The first-order valence-electron chi connectivity index (χ1n) is 12.1. The van der Waals surface area contributed by atoms with E-state index in [-0.39, 0.29) is 22.1 Å². The number of unbranched alkanes of at least 4 members (excludes halogenated alkanes) is 1. The summed E-state index contributed by atoms with van der Waals surface area (Å²) in [7, 11) is 0. The first kappa shape index (κ1) is 24.5. The highest BCUT2D eigenvalue weighted by Gasteiger charge is 2.50. The lowest BCUT2D eigenvalue weighted by Gasteiger charge is -2.57. The Hall–Kier alpha value is -3.20. The topological polar surface area (TPSA) is 58.1 Å². The molecule has 2 aliphatic heterocycles. The molecule has 2 aromatic heterocycles. The number of fused-ring (bicyclic) bond motifs is 2. The number of hydrogen-bond donors (Lipinski definition) is 1.